The summed E-state index contributed by atoms with van der Waals surface area (Å²) in [6.45, 7) is 27.7. The van der Waals surface area contributed by atoms with Crippen molar-refractivity contribution in [2.75, 3.05) is 0 Å². The topological polar surface area (TPSA) is 12.7 Å². The van der Waals surface area contributed by atoms with Gasteiger partial charge in [-0.1, -0.05) is 114 Å². The number of aromatic nitrogens is 3. The van der Waals surface area contributed by atoms with Crippen molar-refractivity contribution < 1.29 is 13.5 Å². The Morgan fingerprint density at radius 1 is 0.871 bits per heavy atom. The van der Waals surface area contributed by atoms with E-state index in [1.807, 2.05) is 6.07 Å². The van der Waals surface area contributed by atoms with Crippen LogP contribution in [0.4, 0.5) is 4.39 Å². The van der Waals surface area contributed by atoms with Gasteiger partial charge in [0, 0.05) is 32.3 Å². The molecule has 316 valence electrons. The van der Waals surface area contributed by atoms with Gasteiger partial charge in [0.15, 0.2) is 23.3 Å². The first kappa shape index (κ1) is 42.1. The lowest BCUT2D eigenvalue weighted by Crippen LogP contribution is -2.53. The van der Waals surface area contributed by atoms with E-state index >= 15 is 4.39 Å². The van der Waals surface area contributed by atoms with E-state index in [4.69, 9.17) is 0 Å². The Bertz CT molecular complexity index is 3060. The average Bonchev–Trinajstić information content (AvgIpc) is 3.74. The number of nitrogens with zero attached hydrogens (tertiary/aromatic N) is 3. The number of rotatable bonds is 10. The van der Waals surface area contributed by atoms with Crippen molar-refractivity contribution in [3.05, 3.63) is 155 Å². The number of hydrogen-bond acceptors (Lipinski definition) is 1. The number of imidazole rings is 1. The molecular formula is C56H62FN3SSi+2. The van der Waals surface area contributed by atoms with E-state index in [1.54, 1.807) is 11.3 Å². The number of allylic oxidation sites excluding steroid dienone is 1. The minimum atomic E-state index is -1.70. The zero-order valence-corrected chi connectivity index (χ0v) is 40.4. The summed E-state index contributed by atoms with van der Waals surface area (Å²) in [6.07, 6.45) is 7.28. The number of hydrogen-bond donors (Lipinski definition) is 0. The molecule has 0 bridgehead atoms. The highest BCUT2D eigenvalue weighted by molar-refractivity contribution is 7.26. The maximum Gasteiger partial charge on any atom is 0.296 e. The molecule has 0 amide bonds. The highest BCUT2D eigenvalue weighted by Gasteiger charge is 2.41. The van der Waals surface area contributed by atoms with E-state index in [1.165, 1.54) is 55.5 Å². The van der Waals surface area contributed by atoms with Crippen LogP contribution in [0.2, 0.25) is 19.6 Å². The second-order valence-electron chi connectivity index (χ2n) is 19.9. The zero-order chi connectivity index (χ0) is 43.9. The Kier molecular flexibility index (Phi) is 10.8. The molecule has 0 N–H and O–H groups in total. The van der Waals surface area contributed by atoms with Crippen molar-refractivity contribution in [3.8, 4) is 28.3 Å². The second kappa shape index (κ2) is 15.9. The van der Waals surface area contributed by atoms with Crippen LogP contribution in [-0.2, 0) is 19.9 Å². The first-order valence-corrected chi connectivity index (χ1v) is 26.9. The number of benzene rings is 5. The molecule has 62 heavy (non-hydrogen) atoms. The number of fused-ring (bicyclic) bond motifs is 7. The predicted octanol–water partition coefficient (Wildman–Crippen LogP) is 13.8. The molecule has 1 aliphatic heterocycles. The minimum Gasteiger partial charge on any atom is -0.225 e. The average molecular weight is 856 g/mol. The van der Waals surface area contributed by atoms with Gasteiger partial charge in [0.05, 0.1) is 31.3 Å². The van der Waals surface area contributed by atoms with Crippen molar-refractivity contribution in [1.82, 2.24) is 4.57 Å². The van der Waals surface area contributed by atoms with E-state index < -0.39 is 8.07 Å². The molecule has 2 unspecified atom stereocenters. The molecule has 8 aromatic rings. The van der Waals surface area contributed by atoms with Crippen molar-refractivity contribution in [1.29, 1.82) is 0 Å². The van der Waals surface area contributed by atoms with Gasteiger partial charge in [-0.3, -0.25) is 0 Å². The van der Waals surface area contributed by atoms with Gasteiger partial charge in [-0.15, -0.1) is 11.3 Å². The summed E-state index contributed by atoms with van der Waals surface area (Å²) in [5.41, 5.74) is 16.0. The molecule has 3 aromatic heterocycles. The zero-order valence-electron chi connectivity index (χ0n) is 38.6. The van der Waals surface area contributed by atoms with Crippen molar-refractivity contribution in [3.63, 3.8) is 0 Å². The van der Waals surface area contributed by atoms with Gasteiger partial charge in [0.1, 0.15) is 11.5 Å². The SMILES string of the molecule is C=CC1C(CCc2cc(F)c3c(sc4cc(C(C)C)ccc43)c2-c2n(-c3c(C)cc(C)cc3C)c3ccccc3[n+]2C)c2ccccc2-c2cc(CC(C)C)c([Si](C)(C)C)c[n+]21. The molecule has 0 aliphatic carbocycles. The fourth-order valence-corrected chi connectivity index (χ4v) is 13.8. The van der Waals surface area contributed by atoms with Crippen molar-refractivity contribution >= 4 is 55.8 Å². The fraction of sp³-hybridized carbons (Fsp3) is 0.321. The second-order valence-corrected chi connectivity index (χ2v) is 26.0. The van der Waals surface area contributed by atoms with Crippen LogP contribution >= 0.6 is 11.3 Å². The summed E-state index contributed by atoms with van der Waals surface area (Å²) in [7, 11) is 0.495. The lowest BCUT2D eigenvalue weighted by molar-refractivity contribution is -0.706. The third-order valence-electron chi connectivity index (χ3n) is 13.5. The first-order chi connectivity index (χ1) is 29.6. The fourth-order valence-electron chi connectivity index (χ4n) is 10.8. The van der Waals surface area contributed by atoms with Crippen LogP contribution in [0.25, 0.3) is 59.5 Å². The number of halogens is 1. The molecule has 2 atom stereocenters. The Morgan fingerprint density at radius 3 is 2.27 bits per heavy atom. The highest BCUT2D eigenvalue weighted by Crippen LogP contribution is 2.47. The Labute approximate surface area is 373 Å². The molecule has 1 aliphatic rings. The lowest BCUT2D eigenvalue weighted by Gasteiger charge is -2.31. The molecule has 9 rings (SSSR count). The van der Waals surface area contributed by atoms with Crippen molar-refractivity contribution in [2.45, 2.75) is 105 Å². The summed E-state index contributed by atoms with van der Waals surface area (Å²) in [5, 5.41) is 3.24. The monoisotopic (exact) mass is 855 g/mol. The third kappa shape index (κ3) is 6.98. The molecule has 0 spiro atoms. The summed E-state index contributed by atoms with van der Waals surface area (Å²) >= 11 is 1.75. The standard InChI is InChI=1S/C56H62FN3SSi/c1-13-46-43(41-18-14-15-19-42(41)49-30-40(26-33(2)3)51(32-59(46)49)62(10,11)12)24-23-39-29-45(57)53-44-25-22-38(34(4)5)31-50(44)61-55(53)52(39)56-58(9)47-20-16-17-21-48(47)60(56)54-36(7)27-35(6)28-37(54)8/h13-22,25,27-34,43,46H,1,23-24,26H2,2-12H3/q+2. The van der Waals surface area contributed by atoms with E-state index in [0.717, 1.165) is 61.0 Å². The molecule has 4 heterocycles. The number of pyridine rings is 1. The predicted molar refractivity (Wildman–Crippen MR) is 265 cm³/mol. The first-order valence-electron chi connectivity index (χ1n) is 22.6. The number of thiophene rings is 1. The normalized spacial score (nSPS) is 15.3. The molecule has 3 nitrogen and oxygen atoms in total. The van der Waals surface area contributed by atoms with Gasteiger partial charge < -0.3 is 0 Å². The molecule has 5 aromatic carbocycles. The summed E-state index contributed by atoms with van der Waals surface area (Å²) in [5.74, 6) is 2.03. The largest absolute Gasteiger partial charge is 0.296 e. The van der Waals surface area contributed by atoms with Crippen LogP contribution in [0, 0.1) is 32.5 Å². The van der Waals surface area contributed by atoms with Crippen molar-refractivity contribution in [2.24, 2.45) is 13.0 Å². The van der Waals surface area contributed by atoms with Gasteiger partial charge in [-0.25, -0.2) is 8.96 Å². The molecular weight excluding hydrogens is 794 g/mol. The quantitative estimate of drug-likeness (QED) is 0.0738. The van der Waals surface area contributed by atoms with Crippen LogP contribution in [0.15, 0.2) is 110 Å². The maximum absolute atomic E-state index is 17.3. The lowest BCUT2D eigenvalue weighted by atomic mass is 9.79. The van der Waals surface area contributed by atoms with E-state index in [2.05, 4.69) is 193 Å². The van der Waals surface area contributed by atoms with Gasteiger partial charge >= 0.3 is 0 Å². The van der Waals surface area contributed by atoms with Crippen LogP contribution in [-0.4, -0.2) is 12.6 Å². The van der Waals surface area contributed by atoms with Crippen LogP contribution < -0.4 is 14.3 Å². The minimum absolute atomic E-state index is 0.0549. The molecule has 6 heteroatoms. The van der Waals surface area contributed by atoms with Gasteiger partial charge in [0.2, 0.25) is 5.69 Å². The highest BCUT2D eigenvalue weighted by atomic mass is 32.1. The Morgan fingerprint density at radius 2 is 1.58 bits per heavy atom. The molecule has 0 fully saturated rings. The van der Waals surface area contributed by atoms with E-state index in [-0.39, 0.29) is 17.8 Å². The van der Waals surface area contributed by atoms with Gasteiger partial charge in [0.25, 0.3) is 5.82 Å². The van der Waals surface area contributed by atoms with E-state index in [0.29, 0.717) is 18.3 Å². The van der Waals surface area contributed by atoms with Crippen LogP contribution in [0.1, 0.15) is 90.9 Å². The number of aryl methyl sites for hydroxylation is 5. The van der Waals surface area contributed by atoms with E-state index in [9.17, 15) is 0 Å². The Balaban J connectivity index is 1.29. The van der Waals surface area contributed by atoms with Crippen LogP contribution in [0.5, 0.6) is 0 Å². The summed E-state index contributed by atoms with van der Waals surface area (Å²) < 4.78 is 26.8. The summed E-state index contributed by atoms with van der Waals surface area (Å²) in [6, 6.07) is 33.4. The number of para-hydroxylation sites is 2. The maximum atomic E-state index is 17.3. The van der Waals surface area contributed by atoms with Crippen LogP contribution in [0.3, 0.4) is 0 Å². The smallest absolute Gasteiger partial charge is 0.225 e. The molecule has 0 radical (unpaired) electrons. The van der Waals surface area contributed by atoms with Gasteiger partial charge in [-0.2, -0.15) is 9.13 Å². The molecule has 0 saturated heterocycles. The van der Waals surface area contributed by atoms with Gasteiger partial charge in [-0.05, 0) is 122 Å². The Hall–Kier alpha value is -5.17. The third-order valence-corrected chi connectivity index (χ3v) is 16.8. The summed E-state index contributed by atoms with van der Waals surface area (Å²) in [4.78, 5) is 0. The molecule has 0 saturated carbocycles.